The van der Waals surface area contributed by atoms with Crippen LogP contribution in [-0.4, -0.2) is 48.5 Å². The summed E-state index contributed by atoms with van der Waals surface area (Å²) in [6.07, 6.45) is 1.31. The maximum absolute atomic E-state index is 13.9. The van der Waals surface area contributed by atoms with E-state index >= 15 is 0 Å². The van der Waals surface area contributed by atoms with Gasteiger partial charge in [0.2, 0.25) is 0 Å². The fourth-order valence-corrected chi connectivity index (χ4v) is 5.78. The van der Waals surface area contributed by atoms with Gasteiger partial charge in [-0.15, -0.1) is 0 Å². The monoisotopic (exact) mass is 630 g/mol. The van der Waals surface area contributed by atoms with E-state index in [1.165, 1.54) is 30.1 Å². The molecule has 2 aromatic carbocycles. The van der Waals surface area contributed by atoms with Gasteiger partial charge in [-0.25, -0.2) is 14.6 Å². The Kier molecular flexibility index (Phi) is 8.79. The largest absolute Gasteiger partial charge is 0.497 e. The van der Waals surface area contributed by atoms with Crippen LogP contribution >= 0.6 is 27.3 Å². The first-order chi connectivity index (χ1) is 19.0. The number of allylic oxidation sites excluding steroid dienone is 1. The Morgan fingerprint density at radius 3 is 2.50 bits per heavy atom. The summed E-state index contributed by atoms with van der Waals surface area (Å²) < 4.78 is 24.3. The van der Waals surface area contributed by atoms with Crippen molar-refractivity contribution in [3.8, 4) is 17.2 Å². The van der Waals surface area contributed by atoms with Crippen molar-refractivity contribution in [1.29, 1.82) is 0 Å². The van der Waals surface area contributed by atoms with Crippen LogP contribution < -0.4 is 29.1 Å². The van der Waals surface area contributed by atoms with Gasteiger partial charge in [0.05, 0.1) is 40.6 Å². The van der Waals surface area contributed by atoms with Crippen LogP contribution in [0, 0.1) is 0 Å². The van der Waals surface area contributed by atoms with E-state index in [0.717, 1.165) is 0 Å². The van der Waals surface area contributed by atoms with Crippen LogP contribution in [0.1, 0.15) is 37.9 Å². The van der Waals surface area contributed by atoms with Crippen LogP contribution in [0.2, 0.25) is 0 Å². The number of benzene rings is 2. The summed E-state index contributed by atoms with van der Waals surface area (Å²) in [5.74, 6) is -0.326. The van der Waals surface area contributed by atoms with Gasteiger partial charge in [-0.3, -0.25) is 9.36 Å². The number of esters is 1. The maximum atomic E-state index is 13.9. The van der Waals surface area contributed by atoms with Crippen molar-refractivity contribution < 1.29 is 33.6 Å². The number of carbonyl (C=O) groups excluding carboxylic acids is 1. The molecule has 0 saturated heterocycles. The van der Waals surface area contributed by atoms with Crippen LogP contribution in [0.15, 0.2) is 61.9 Å². The molecular formula is C28H27BrN2O8S. The van der Waals surface area contributed by atoms with Crippen LogP contribution in [0.5, 0.6) is 17.2 Å². The number of aromatic nitrogens is 1. The van der Waals surface area contributed by atoms with E-state index in [-0.39, 0.29) is 17.2 Å². The molecule has 1 aliphatic heterocycles. The van der Waals surface area contributed by atoms with Gasteiger partial charge in [0, 0.05) is 5.56 Å². The number of rotatable bonds is 9. The Hall–Kier alpha value is -3.90. The Balaban J connectivity index is 1.91. The number of ether oxygens (including phenoxy) is 4. The Labute approximate surface area is 241 Å². The molecule has 0 fully saturated rings. The predicted molar refractivity (Wildman–Crippen MR) is 152 cm³/mol. The van der Waals surface area contributed by atoms with E-state index in [9.17, 15) is 14.4 Å². The standard InChI is InChI=1S/C28H27BrN2O8S/c1-14(2)39-27(35)24-15(3)30-28-31(25(24)18-12-17(36-4)7-9-20(18)37-5)26(34)22(40-28)11-16-6-8-21(19(29)10-16)38-13-23(32)33/h6-12,14,25H,13H2,1-5H3,(H,32,33)/b22-11-/t25-/m1/s1. The van der Waals surface area contributed by atoms with Crippen molar-refractivity contribution in [1.82, 2.24) is 4.57 Å². The highest BCUT2D eigenvalue weighted by molar-refractivity contribution is 9.10. The van der Waals surface area contributed by atoms with Gasteiger partial charge < -0.3 is 24.1 Å². The molecule has 1 N–H and O–H groups in total. The highest BCUT2D eigenvalue weighted by Gasteiger charge is 2.35. The molecule has 1 aliphatic rings. The van der Waals surface area contributed by atoms with Crippen molar-refractivity contribution in [2.24, 2.45) is 4.99 Å². The Morgan fingerprint density at radius 2 is 1.88 bits per heavy atom. The second kappa shape index (κ2) is 12.1. The predicted octanol–water partition coefficient (Wildman–Crippen LogP) is 3.43. The number of aliphatic carboxylic acids is 1. The van der Waals surface area contributed by atoms with Crippen molar-refractivity contribution >= 4 is 45.3 Å². The third-order valence-corrected chi connectivity index (χ3v) is 7.52. The van der Waals surface area contributed by atoms with Gasteiger partial charge in [0.25, 0.3) is 5.56 Å². The normalized spacial score (nSPS) is 15.0. The highest BCUT2D eigenvalue weighted by Crippen LogP contribution is 2.38. The average Bonchev–Trinajstić information content (AvgIpc) is 3.20. The molecule has 0 amide bonds. The highest BCUT2D eigenvalue weighted by atomic mass is 79.9. The maximum Gasteiger partial charge on any atom is 0.341 e. The average molecular weight is 632 g/mol. The summed E-state index contributed by atoms with van der Waals surface area (Å²) >= 11 is 4.57. The number of hydrogen-bond acceptors (Lipinski definition) is 9. The number of hydrogen-bond donors (Lipinski definition) is 1. The fourth-order valence-electron chi connectivity index (χ4n) is 4.22. The van der Waals surface area contributed by atoms with Gasteiger partial charge >= 0.3 is 11.9 Å². The first-order valence-corrected chi connectivity index (χ1v) is 13.7. The molecule has 2 heterocycles. The molecular weight excluding hydrogens is 604 g/mol. The summed E-state index contributed by atoms with van der Waals surface area (Å²) in [6.45, 7) is 4.73. The van der Waals surface area contributed by atoms with Crippen molar-refractivity contribution in [2.45, 2.75) is 32.9 Å². The number of methoxy groups -OCH3 is 2. The molecule has 1 atom stereocenters. The van der Waals surface area contributed by atoms with Gasteiger partial charge in [0.15, 0.2) is 11.4 Å². The lowest BCUT2D eigenvalue weighted by atomic mass is 9.94. The molecule has 0 aliphatic carbocycles. The zero-order valence-corrected chi connectivity index (χ0v) is 24.8. The quantitative estimate of drug-likeness (QED) is 0.357. The topological polar surface area (TPSA) is 126 Å². The van der Waals surface area contributed by atoms with E-state index in [4.69, 9.17) is 24.1 Å². The van der Waals surface area contributed by atoms with Gasteiger partial charge in [-0.2, -0.15) is 0 Å². The van der Waals surface area contributed by atoms with E-state index in [2.05, 4.69) is 20.9 Å². The van der Waals surface area contributed by atoms with E-state index < -0.39 is 24.6 Å². The molecule has 10 nitrogen and oxygen atoms in total. The lowest BCUT2D eigenvalue weighted by Crippen LogP contribution is -2.40. The zero-order chi connectivity index (χ0) is 29.1. The first kappa shape index (κ1) is 29.1. The van der Waals surface area contributed by atoms with E-state index in [1.54, 1.807) is 63.2 Å². The SMILES string of the molecule is COc1ccc(OC)c([C@@H]2C(C(=O)OC(C)C)=C(C)N=c3s/c(=C\c4ccc(OCC(=O)O)c(Br)c4)c(=O)n32)c1. The van der Waals surface area contributed by atoms with E-state index in [1.807, 2.05) is 0 Å². The van der Waals surface area contributed by atoms with Crippen molar-refractivity contribution in [2.75, 3.05) is 20.8 Å². The van der Waals surface area contributed by atoms with Crippen molar-refractivity contribution in [3.63, 3.8) is 0 Å². The third kappa shape index (κ3) is 5.97. The first-order valence-electron chi connectivity index (χ1n) is 12.1. The zero-order valence-electron chi connectivity index (χ0n) is 22.4. The Morgan fingerprint density at radius 1 is 1.15 bits per heavy atom. The lowest BCUT2D eigenvalue weighted by molar-refractivity contribution is -0.143. The lowest BCUT2D eigenvalue weighted by Gasteiger charge is -2.26. The number of halogens is 1. The third-order valence-electron chi connectivity index (χ3n) is 5.92. The number of fused-ring (bicyclic) bond motifs is 1. The fraction of sp³-hybridized carbons (Fsp3) is 0.286. The number of carboxylic acid groups (broad SMARTS) is 1. The minimum atomic E-state index is -1.09. The minimum absolute atomic E-state index is 0.224. The molecule has 1 aromatic heterocycles. The number of nitrogens with zero attached hydrogens (tertiary/aromatic N) is 2. The Bertz CT molecular complexity index is 1690. The molecule has 0 saturated carbocycles. The molecule has 0 radical (unpaired) electrons. The summed E-state index contributed by atoms with van der Waals surface area (Å²) in [7, 11) is 3.04. The summed E-state index contributed by atoms with van der Waals surface area (Å²) in [5, 5.41) is 8.87. The van der Waals surface area contributed by atoms with Crippen LogP contribution in [0.3, 0.4) is 0 Å². The minimum Gasteiger partial charge on any atom is -0.497 e. The number of carboxylic acids is 1. The van der Waals surface area contributed by atoms with Crippen LogP contribution in [0.4, 0.5) is 0 Å². The van der Waals surface area contributed by atoms with Crippen LogP contribution in [0.25, 0.3) is 6.08 Å². The van der Waals surface area contributed by atoms with Gasteiger partial charge in [-0.05, 0) is 78.7 Å². The van der Waals surface area contributed by atoms with Gasteiger partial charge in [0.1, 0.15) is 23.3 Å². The summed E-state index contributed by atoms with van der Waals surface area (Å²) in [4.78, 5) is 43.1. The summed E-state index contributed by atoms with van der Waals surface area (Å²) in [6, 6.07) is 9.34. The molecule has 0 bridgehead atoms. The molecule has 40 heavy (non-hydrogen) atoms. The molecule has 4 rings (SSSR count). The summed E-state index contributed by atoms with van der Waals surface area (Å²) in [5.41, 5.74) is 1.51. The number of thiazole rings is 1. The molecule has 3 aromatic rings. The number of carbonyl (C=O) groups is 2. The molecule has 12 heteroatoms. The van der Waals surface area contributed by atoms with Crippen LogP contribution in [-0.2, 0) is 14.3 Å². The second-order valence-corrected chi connectivity index (χ2v) is 10.9. The van der Waals surface area contributed by atoms with Crippen molar-refractivity contribution in [3.05, 3.63) is 83.0 Å². The van der Waals surface area contributed by atoms with Gasteiger partial charge in [-0.1, -0.05) is 17.4 Å². The van der Waals surface area contributed by atoms with E-state index in [0.29, 0.717) is 47.9 Å². The molecule has 0 spiro atoms. The second-order valence-electron chi connectivity index (χ2n) is 9.02. The molecule has 210 valence electrons. The molecule has 0 unspecified atom stereocenters. The smallest absolute Gasteiger partial charge is 0.341 e.